The zero-order valence-electron chi connectivity index (χ0n) is 10.4. The van der Waals surface area contributed by atoms with E-state index in [0.717, 1.165) is 35.4 Å². The number of fused-ring (bicyclic) bond motifs is 1. The van der Waals surface area contributed by atoms with Crippen molar-refractivity contribution in [3.63, 3.8) is 0 Å². The minimum atomic E-state index is 0.171. The summed E-state index contributed by atoms with van der Waals surface area (Å²) in [4.78, 5) is 8.37. The van der Waals surface area contributed by atoms with Crippen LogP contribution in [0.1, 0.15) is 29.2 Å². The van der Waals surface area contributed by atoms with Gasteiger partial charge in [-0.1, -0.05) is 29.8 Å². The Hall–Kier alpha value is -1.32. The van der Waals surface area contributed by atoms with Crippen molar-refractivity contribution in [2.75, 3.05) is 7.11 Å². The minimum Gasteiger partial charge on any atom is -0.496 e. The zero-order chi connectivity index (χ0) is 13.4. The van der Waals surface area contributed by atoms with Gasteiger partial charge < -0.3 is 4.74 Å². The molecule has 1 heterocycles. The van der Waals surface area contributed by atoms with E-state index in [0.29, 0.717) is 5.15 Å². The Kier molecular flexibility index (Phi) is 3.33. The Morgan fingerprint density at radius 1 is 1.21 bits per heavy atom. The Morgan fingerprint density at radius 2 is 2.00 bits per heavy atom. The first kappa shape index (κ1) is 12.7. The van der Waals surface area contributed by atoms with E-state index in [1.807, 2.05) is 18.2 Å². The second-order valence-electron chi connectivity index (χ2n) is 4.48. The number of hydrogen-bond acceptors (Lipinski definition) is 3. The van der Waals surface area contributed by atoms with Gasteiger partial charge in [0.25, 0.3) is 0 Å². The van der Waals surface area contributed by atoms with Gasteiger partial charge in [-0.25, -0.2) is 9.97 Å². The van der Waals surface area contributed by atoms with Crippen molar-refractivity contribution in [1.29, 1.82) is 0 Å². The summed E-state index contributed by atoms with van der Waals surface area (Å²) in [5, 5.41) is 0.665. The second-order valence-corrected chi connectivity index (χ2v) is 5.18. The van der Waals surface area contributed by atoms with Crippen molar-refractivity contribution in [2.45, 2.75) is 18.8 Å². The van der Waals surface area contributed by atoms with E-state index < -0.39 is 0 Å². The summed E-state index contributed by atoms with van der Waals surface area (Å²) in [7, 11) is 1.68. The number of rotatable bonds is 2. The first-order valence-corrected chi connectivity index (χ1v) is 6.81. The Balaban J connectivity index is 2.12. The molecule has 1 aliphatic rings. The Morgan fingerprint density at radius 3 is 2.79 bits per heavy atom. The van der Waals surface area contributed by atoms with Crippen LogP contribution in [-0.2, 0) is 6.42 Å². The molecular weight excluding hydrogens is 283 g/mol. The number of ether oxygens (including phenoxy) is 1. The average Bonchev–Trinajstić information content (AvgIpc) is 2.82. The molecule has 1 atom stereocenters. The number of nitrogens with zero attached hydrogens (tertiary/aromatic N) is 2. The molecule has 2 aromatic rings. The van der Waals surface area contributed by atoms with E-state index in [-0.39, 0.29) is 11.2 Å². The fourth-order valence-electron chi connectivity index (χ4n) is 2.65. The highest BCUT2D eigenvalue weighted by Crippen LogP contribution is 2.42. The maximum Gasteiger partial charge on any atom is 0.224 e. The van der Waals surface area contributed by atoms with Crippen LogP contribution in [0.3, 0.4) is 0 Å². The quantitative estimate of drug-likeness (QED) is 0.623. The molecule has 0 aliphatic heterocycles. The highest BCUT2D eigenvalue weighted by molar-refractivity contribution is 6.32. The molecular formula is C14H12Cl2N2O. The molecule has 0 N–H and O–H groups in total. The van der Waals surface area contributed by atoms with Crippen LogP contribution in [0.5, 0.6) is 5.75 Å². The van der Waals surface area contributed by atoms with Crippen molar-refractivity contribution < 1.29 is 4.74 Å². The third kappa shape index (κ3) is 2.17. The van der Waals surface area contributed by atoms with Crippen molar-refractivity contribution in [3.8, 4) is 5.75 Å². The number of para-hydroxylation sites is 1. The molecule has 0 saturated carbocycles. The van der Waals surface area contributed by atoms with E-state index in [1.54, 1.807) is 7.11 Å². The molecule has 0 radical (unpaired) electrons. The molecule has 1 aromatic carbocycles. The van der Waals surface area contributed by atoms with Gasteiger partial charge in [0.15, 0.2) is 0 Å². The van der Waals surface area contributed by atoms with Crippen LogP contribution in [0, 0.1) is 0 Å². The molecule has 1 unspecified atom stereocenters. The van der Waals surface area contributed by atoms with Crippen LogP contribution in [0.25, 0.3) is 0 Å². The van der Waals surface area contributed by atoms with E-state index in [4.69, 9.17) is 27.9 Å². The fraction of sp³-hybridized carbons (Fsp3) is 0.286. The fourth-order valence-corrected chi connectivity index (χ4v) is 3.14. The molecule has 0 saturated heterocycles. The maximum absolute atomic E-state index is 6.13. The summed E-state index contributed by atoms with van der Waals surface area (Å²) < 4.78 is 5.42. The number of benzene rings is 1. The molecule has 1 aliphatic carbocycles. The molecule has 0 amide bonds. The van der Waals surface area contributed by atoms with Gasteiger partial charge in [0.2, 0.25) is 5.28 Å². The van der Waals surface area contributed by atoms with Crippen LogP contribution in [0.15, 0.2) is 24.3 Å². The van der Waals surface area contributed by atoms with Crippen LogP contribution in [0.4, 0.5) is 0 Å². The lowest BCUT2D eigenvalue weighted by molar-refractivity contribution is 0.407. The highest BCUT2D eigenvalue weighted by atomic mass is 35.5. The predicted molar refractivity (Wildman–Crippen MR) is 75.2 cm³/mol. The van der Waals surface area contributed by atoms with Crippen molar-refractivity contribution in [2.24, 2.45) is 0 Å². The maximum atomic E-state index is 6.13. The van der Waals surface area contributed by atoms with Crippen LogP contribution >= 0.6 is 23.2 Å². The predicted octanol–water partition coefficient (Wildman–Crippen LogP) is 3.87. The molecule has 0 bridgehead atoms. The number of halogens is 2. The molecule has 0 fully saturated rings. The lowest BCUT2D eigenvalue weighted by Crippen LogP contribution is -2.03. The van der Waals surface area contributed by atoms with Gasteiger partial charge >= 0.3 is 0 Å². The molecule has 0 spiro atoms. The van der Waals surface area contributed by atoms with Gasteiger partial charge in [-0.15, -0.1) is 0 Å². The average molecular weight is 295 g/mol. The van der Waals surface area contributed by atoms with Gasteiger partial charge in [0.1, 0.15) is 10.9 Å². The zero-order valence-corrected chi connectivity index (χ0v) is 11.9. The third-order valence-electron chi connectivity index (χ3n) is 3.49. The van der Waals surface area contributed by atoms with Crippen LogP contribution in [0.2, 0.25) is 10.4 Å². The number of hydrogen-bond donors (Lipinski definition) is 0. The van der Waals surface area contributed by atoms with Gasteiger partial charge in [-0.2, -0.15) is 0 Å². The van der Waals surface area contributed by atoms with Gasteiger partial charge in [-0.05, 0) is 30.5 Å². The van der Waals surface area contributed by atoms with Gasteiger partial charge in [0, 0.05) is 17.0 Å². The summed E-state index contributed by atoms with van der Waals surface area (Å²) in [5.41, 5.74) is 3.05. The Bertz CT molecular complexity index is 631. The van der Waals surface area contributed by atoms with Gasteiger partial charge in [0.05, 0.1) is 12.8 Å². The van der Waals surface area contributed by atoms with E-state index in [2.05, 4.69) is 16.0 Å². The lowest BCUT2D eigenvalue weighted by atomic mass is 9.96. The largest absolute Gasteiger partial charge is 0.496 e. The van der Waals surface area contributed by atoms with E-state index >= 15 is 0 Å². The third-order valence-corrected chi connectivity index (χ3v) is 3.97. The Labute approximate surface area is 121 Å². The van der Waals surface area contributed by atoms with E-state index in [9.17, 15) is 0 Å². The summed E-state index contributed by atoms with van der Waals surface area (Å²) in [6, 6.07) is 7.97. The lowest BCUT2D eigenvalue weighted by Gasteiger charge is -2.15. The first-order valence-electron chi connectivity index (χ1n) is 6.05. The summed E-state index contributed by atoms with van der Waals surface area (Å²) in [6.45, 7) is 0. The standard InChI is InChI=1S/C14H12Cl2N2O/c1-19-11-5-3-2-4-8(11)9-6-7-10-12(9)17-14(16)18-13(10)15/h2-5,9H,6-7H2,1H3. The summed E-state index contributed by atoms with van der Waals surface area (Å²) >= 11 is 12.1. The van der Waals surface area contributed by atoms with Crippen LogP contribution in [-0.4, -0.2) is 17.1 Å². The smallest absolute Gasteiger partial charge is 0.224 e. The molecule has 98 valence electrons. The molecule has 1 aromatic heterocycles. The molecule has 3 nitrogen and oxygen atoms in total. The van der Waals surface area contributed by atoms with Crippen molar-refractivity contribution >= 4 is 23.2 Å². The summed E-state index contributed by atoms with van der Waals surface area (Å²) in [5.74, 6) is 1.04. The molecule has 3 rings (SSSR count). The molecule has 19 heavy (non-hydrogen) atoms. The monoisotopic (exact) mass is 294 g/mol. The number of methoxy groups -OCH3 is 1. The van der Waals surface area contributed by atoms with Crippen molar-refractivity contribution in [3.05, 3.63) is 51.5 Å². The SMILES string of the molecule is COc1ccccc1C1CCc2c(Cl)nc(Cl)nc21. The van der Waals surface area contributed by atoms with Crippen molar-refractivity contribution in [1.82, 2.24) is 9.97 Å². The summed E-state index contributed by atoms with van der Waals surface area (Å²) in [6.07, 6.45) is 1.82. The van der Waals surface area contributed by atoms with Crippen LogP contribution < -0.4 is 4.74 Å². The molecule has 5 heteroatoms. The minimum absolute atomic E-state index is 0.171. The highest BCUT2D eigenvalue weighted by Gasteiger charge is 2.30. The van der Waals surface area contributed by atoms with Gasteiger partial charge in [-0.3, -0.25) is 0 Å². The normalized spacial score (nSPS) is 17.3. The topological polar surface area (TPSA) is 35.0 Å². The number of aromatic nitrogens is 2. The second kappa shape index (κ2) is 4.99. The van der Waals surface area contributed by atoms with E-state index in [1.165, 1.54) is 0 Å². The first-order chi connectivity index (χ1) is 9.20.